The average molecular weight is 797 g/mol. The Hall–Kier alpha value is -2.16. The molecule has 50 heavy (non-hydrogen) atoms. The Morgan fingerprint density at radius 3 is 1.42 bits per heavy atom. The summed E-state index contributed by atoms with van der Waals surface area (Å²) in [6.45, 7) is 6.98. The fourth-order valence-electron chi connectivity index (χ4n) is 9.68. The second-order valence-electron chi connectivity index (χ2n) is 15.5. The van der Waals surface area contributed by atoms with E-state index in [9.17, 15) is 0 Å². The van der Waals surface area contributed by atoms with E-state index >= 15 is 0 Å². The van der Waals surface area contributed by atoms with E-state index in [1.807, 2.05) is 0 Å². The van der Waals surface area contributed by atoms with Crippen LogP contribution in [0.3, 0.4) is 0 Å². The number of halogens is 2. The number of hydrogen-bond acceptors (Lipinski definition) is 0. The van der Waals surface area contributed by atoms with E-state index in [0.29, 0.717) is 0 Å². The Labute approximate surface area is 321 Å². The molecular formula is C48H60Br2. The molecule has 0 amide bonds. The van der Waals surface area contributed by atoms with E-state index in [0.717, 1.165) is 6.42 Å². The van der Waals surface area contributed by atoms with Gasteiger partial charge in [-0.2, -0.15) is 0 Å². The molecule has 0 spiro atoms. The van der Waals surface area contributed by atoms with E-state index in [4.69, 9.17) is 0 Å². The molecule has 266 valence electrons. The Kier molecular flexibility index (Phi) is 13.2. The highest BCUT2D eigenvalue weighted by atomic mass is 79.9. The van der Waals surface area contributed by atoms with Crippen LogP contribution in [0, 0.1) is 0 Å². The molecule has 6 rings (SSSR count). The molecule has 0 radical (unpaired) electrons. The van der Waals surface area contributed by atoms with Crippen LogP contribution in [0.25, 0.3) is 22.3 Å². The van der Waals surface area contributed by atoms with Crippen molar-refractivity contribution in [2.75, 3.05) is 0 Å². The smallest absolute Gasteiger partial charge is 0.0464 e. The van der Waals surface area contributed by atoms with E-state index < -0.39 is 0 Å². The molecule has 0 N–H and O–H groups in total. The van der Waals surface area contributed by atoms with Crippen LogP contribution in [-0.2, 0) is 10.8 Å². The number of rotatable bonds is 20. The highest BCUT2D eigenvalue weighted by Crippen LogP contribution is 2.61. The van der Waals surface area contributed by atoms with Gasteiger partial charge in [-0.25, -0.2) is 0 Å². The van der Waals surface area contributed by atoms with Crippen LogP contribution in [0.2, 0.25) is 0 Å². The highest BCUT2D eigenvalue weighted by molar-refractivity contribution is 9.10. The first-order valence-electron chi connectivity index (χ1n) is 20.4. The lowest BCUT2D eigenvalue weighted by Crippen LogP contribution is -2.28. The first-order chi connectivity index (χ1) is 24.5. The second-order valence-corrected chi connectivity index (χ2v) is 17.4. The maximum atomic E-state index is 3.95. The van der Waals surface area contributed by atoms with Gasteiger partial charge in [-0.3, -0.25) is 0 Å². The van der Waals surface area contributed by atoms with Crippen LogP contribution in [0.1, 0.15) is 171 Å². The maximum absolute atomic E-state index is 3.95. The van der Waals surface area contributed by atoms with Gasteiger partial charge in [0, 0.05) is 19.8 Å². The Balaban J connectivity index is 1.52. The maximum Gasteiger partial charge on any atom is 0.0464 e. The van der Waals surface area contributed by atoms with Gasteiger partial charge in [0.1, 0.15) is 0 Å². The zero-order valence-electron chi connectivity index (χ0n) is 31.2. The standard InChI is InChI=1S/C48H60Br2/c1-4-7-10-13-15-20-29-47(30-21-16-14-11-8-5-2)43-32-37(49)25-27-39(43)41-35-46-42(34-44(41)47)40-28-26-38(50)33-45(40)48(46,31-22-12-9-6-3)36-23-18-17-19-24-36/h17-19,23-28,32-35H,4-16,20-22,29-31H2,1-3H3. The molecule has 0 nitrogen and oxygen atoms in total. The van der Waals surface area contributed by atoms with E-state index in [2.05, 4.69) is 131 Å². The fraction of sp³-hybridized carbons (Fsp3) is 0.500. The lowest BCUT2D eigenvalue weighted by atomic mass is 9.68. The highest BCUT2D eigenvalue weighted by Gasteiger charge is 2.48. The fourth-order valence-corrected chi connectivity index (χ4v) is 10.4. The van der Waals surface area contributed by atoms with Gasteiger partial charge in [0.2, 0.25) is 0 Å². The van der Waals surface area contributed by atoms with Gasteiger partial charge in [-0.15, -0.1) is 0 Å². The molecule has 2 heteroatoms. The van der Waals surface area contributed by atoms with Gasteiger partial charge in [-0.1, -0.05) is 198 Å². The summed E-state index contributed by atoms with van der Waals surface area (Å²) >= 11 is 7.87. The van der Waals surface area contributed by atoms with Crippen molar-refractivity contribution in [1.82, 2.24) is 0 Å². The number of benzene rings is 4. The first-order valence-corrected chi connectivity index (χ1v) is 21.9. The monoisotopic (exact) mass is 794 g/mol. The second kappa shape index (κ2) is 17.6. The molecule has 4 aromatic rings. The minimum absolute atomic E-state index is 0.0631. The molecule has 0 bridgehead atoms. The van der Waals surface area contributed by atoms with E-state index in [-0.39, 0.29) is 10.8 Å². The summed E-state index contributed by atoms with van der Waals surface area (Å²) in [5.74, 6) is 0. The molecule has 2 aliphatic rings. The molecule has 0 saturated heterocycles. The van der Waals surface area contributed by atoms with Gasteiger partial charge >= 0.3 is 0 Å². The van der Waals surface area contributed by atoms with Crippen molar-refractivity contribution < 1.29 is 0 Å². The molecule has 0 aliphatic heterocycles. The van der Waals surface area contributed by atoms with Gasteiger partial charge in [0.15, 0.2) is 0 Å². The number of unbranched alkanes of at least 4 members (excludes halogenated alkanes) is 13. The van der Waals surface area contributed by atoms with Gasteiger partial charge in [0.25, 0.3) is 0 Å². The van der Waals surface area contributed by atoms with Crippen molar-refractivity contribution in [2.24, 2.45) is 0 Å². The zero-order chi connectivity index (χ0) is 35.0. The minimum Gasteiger partial charge on any atom is -0.0654 e. The number of hydrogen-bond donors (Lipinski definition) is 0. The lowest BCUT2D eigenvalue weighted by molar-refractivity contribution is 0.397. The molecule has 0 saturated carbocycles. The van der Waals surface area contributed by atoms with Gasteiger partial charge in [-0.05, 0) is 106 Å². The van der Waals surface area contributed by atoms with Crippen LogP contribution in [0.15, 0.2) is 87.8 Å². The van der Waals surface area contributed by atoms with E-state index in [1.54, 1.807) is 11.1 Å². The Bertz CT molecular complexity index is 1690. The molecule has 4 aromatic carbocycles. The predicted octanol–water partition coefficient (Wildman–Crippen LogP) is 16.3. The summed E-state index contributed by atoms with van der Waals surface area (Å²) in [6.07, 6.45) is 24.8. The normalized spacial score (nSPS) is 16.7. The third kappa shape index (κ3) is 7.50. The quantitative estimate of drug-likeness (QED) is 0.0782. The summed E-state index contributed by atoms with van der Waals surface area (Å²) in [7, 11) is 0. The van der Waals surface area contributed by atoms with Crippen LogP contribution >= 0.6 is 31.9 Å². The topological polar surface area (TPSA) is 0 Å². The molecular weight excluding hydrogens is 736 g/mol. The average Bonchev–Trinajstić information content (AvgIpc) is 3.55. The molecule has 1 atom stereocenters. The predicted molar refractivity (Wildman–Crippen MR) is 225 cm³/mol. The van der Waals surface area contributed by atoms with Crippen LogP contribution in [0.4, 0.5) is 0 Å². The molecule has 0 fully saturated rings. The van der Waals surface area contributed by atoms with Crippen LogP contribution in [-0.4, -0.2) is 0 Å². The van der Waals surface area contributed by atoms with Gasteiger partial charge < -0.3 is 0 Å². The Morgan fingerprint density at radius 2 is 0.820 bits per heavy atom. The lowest BCUT2D eigenvalue weighted by Gasteiger charge is -2.35. The molecule has 1 unspecified atom stereocenters. The van der Waals surface area contributed by atoms with Crippen molar-refractivity contribution in [3.05, 3.63) is 116 Å². The minimum atomic E-state index is -0.155. The molecule has 0 aromatic heterocycles. The van der Waals surface area contributed by atoms with Crippen molar-refractivity contribution in [3.8, 4) is 22.3 Å². The third-order valence-corrected chi connectivity index (χ3v) is 13.2. The summed E-state index contributed by atoms with van der Waals surface area (Å²) < 4.78 is 2.40. The van der Waals surface area contributed by atoms with Crippen LogP contribution < -0.4 is 0 Å². The first kappa shape index (κ1) is 37.6. The third-order valence-electron chi connectivity index (χ3n) is 12.2. The summed E-state index contributed by atoms with van der Waals surface area (Å²) in [4.78, 5) is 0. The van der Waals surface area contributed by atoms with Crippen molar-refractivity contribution >= 4 is 31.9 Å². The summed E-state index contributed by atoms with van der Waals surface area (Å²) in [5.41, 5.74) is 13.4. The summed E-state index contributed by atoms with van der Waals surface area (Å²) in [6, 6.07) is 31.3. The van der Waals surface area contributed by atoms with Crippen molar-refractivity contribution in [1.29, 1.82) is 0 Å². The molecule has 2 aliphatic carbocycles. The van der Waals surface area contributed by atoms with Gasteiger partial charge in [0.05, 0.1) is 0 Å². The van der Waals surface area contributed by atoms with Crippen molar-refractivity contribution in [3.63, 3.8) is 0 Å². The zero-order valence-corrected chi connectivity index (χ0v) is 34.4. The van der Waals surface area contributed by atoms with E-state index in [1.165, 1.54) is 163 Å². The summed E-state index contributed by atoms with van der Waals surface area (Å²) in [5, 5.41) is 0. The SMILES string of the molecule is CCCCCCCCC1(CCCCCCCC)c2cc(Br)ccc2-c2cc3c(cc21)-c1ccc(Br)cc1C3(CCCCCC)c1ccccc1. The Morgan fingerprint density at radius 1 is 0.400 bits per heavy atom. The van der Waals surface area contributed by atoms with Crippen LogP contribution in [0.5, 0.6) is 0 Å². The van der Waals surface area contributed by atoms with Crippen molar-refractivity contribution in [2.45, 2.75) is 154 Å². The molecule has 0 heterocycles. The number of fused-ring (bicyclic) bond motifs is 6. The largest absolute Gasteiger partial charge is 0.0654 e.